The van der Waals surface area contributed by atoms with Gasteiger partial charge in [-0.25, -0.2) is 4.98 Å². The number of nitrogens with one attached hydrogen (secondary N) is 1. The molecule has 8 heteroatoms. The summed E-state index contributed by atoms with van der Waals surface area (Å²) in [5, 5.41) is 11.6. The lowest BCUT2D eigenvalue weighted by molar-refractivity contribution is 0.0792. The van der Waals surface area contributed by atoms with Gasteiger partial charge in [0.05, 0.1) is 0 Å². The second kappa shape index (κ2) is 10.1. The zero-order valence-electron chi connectivity index (χ0n) is 17.2. The molecule has 0 aliphatic rings. The second-order valence-electron chi connectivity index (χ2n) is 7.11. The minimum atomic E-state index is 0.0105. The van der Waals surface area contributed by atoms with Crippen molar-refractivity contribution < 1.29 is 9.32 Å². The molecule has 0 bridgehead atoms. The van der Waals surface area contributed by atoms with Gasteiger partial charge in [0.2, 0.25) is 0 Å². The van der Waals surface area contributed by atoms with E-state index in [2.05, 4.69) is 20.3 Å². The lowest BCUT2D eigenvalue weighted by atomic mass is 10.1. The van der Waals surface area contributed by atoms with Crippen molar-refractivity contribution in [3.8, 4) is 11.3 Å². The number of H-pyrrole nitrogens is 1. The smallest absolute Gasteiger partial charge is 0.253 e. The van der Waals surface area contributed by atoms with Gasteiger partial charge in [-0.3, -0.25) is 9.89 Å². The normalized spacial score (nSPS) is 10.9. The van der Waals surface area contributed by atoms with Crippen LogP contribution in [0.2, 0.25) is 0 Å². The first-order valence-electron chi connectivity index (χ1n) is 10.0. The summed E-state index contributed by atoms with van der Waals surface area (Å²) in [5.74, 6) is 1.48. The van der Waals surface area contributed by atoms with Crippen LogP contribution in [0.25, 0.3) is 11.3 Å². The van der Waals surface area contributed by atoms with Crippen molar-refractivity contribution in [3.05, 3.63) is 83.9 Å². The Morgan fingerprint density at radius 1 is 1.13 bits per heavy atom. The number of benzene rings is 2. The summed E-state index contributed by atoms with van der Waals surface area (Å²) in [6.07, 6.45) is 2.99. The Morgan fingerprint density at radius 3 is 2.74 bits per heavy atom. The number of carbonyl (C=O) groups is 1. The highest BCUT2D eigenvalue weighted by molar-refractivity contribution is 7.98. The first kappa shape index (κ1) is 20.9. The largest absolute Gasteiger partial charge is 0.361 e. The summed E-state index contributed by atoms with van der Waals surface area (Å²) in [6, 6.07) is 19.6. The fraction of sp³-hybridized carbons (Fsp3) is 0.217. The Bertz CT molecular complexity index is 1110. The Labute approximate surface area is 184 Å². The number of amides is 1. The van der Waals surface area contributed by atoms with Gasteiger partial charge in [-0.1, -0.05) is 65.4 Å². The number of aromatic nitrogens is 4. The van der Waals surface area contributed by atoms with Crippen LogP contribution in [0, 0.1) is 0 Å². The SMILES string of the molecule is CN(CCCc1cc(-c2ccccc2)no1)C(=O)c1ccccc1CSc1ncn[nH]1. The highest BCUT2D eigenvalue weighted by Crippen LogP contribution is 2.22. The predicted octanol–water partition coefficient (Wildman–Crippen LogP) is 4.46. The summed E-state index contributed by atoms with van der Waals surface area (Å²) >= 11 is 1.52. The van der Waals surface area contributed by atoms with E-state index in [9.17, 15) is 4.79 Å². The van der Waals surface area contributed by atoms with E-state index >= 15 is 0 Å². The predicted molar refractivity (Wildman–Crippen MR) is 120 cm³/mol. The fourth-order valence-corrected chi connectivity index (χ4v) is 4.02. The third kappa shape index (κ3) is 5.40. The van der Waals surface area contributed by atoms with Crippen LogP contribution in [-0.2, 0) is 12.2 Å². The third-order valence-electron chi connectivity index (χ3n) is 4.90. The Balaban J connectivity index is 1.31. The molecule has 0 aliphatic heterocycles. The monoisotopic (exact) mass is 433 g/mol. The van der Waals surface area contributed by atoms with E-state index in [4.69, 9.17) is 4.52 Å². The molecule has 0 aliphatic carbocycles. The lowest BCUT2D eigenvalue weighted by Gasteiger charge is -2.18. The van der Waals surface area contributed by atoms with E-state index < -0.39 is 0 Å². The standard InChI is InChI=1S/C23H23N5O2S/c1-28(13-7-11-19-14-21(27-30-19)17-8-3-2-4-9-17)22(29)20-12-6-5-10-18(20)15-31-23-24-16-25-26-23/h2-6,8-10,12,14,16H,7,11,13,15H2,1H3,(H,24,25,26). The first-order valence-corrected chi connectivity index (χ1v) is 11.0. The molecule has 1 amide bonds. The molecule has 1 N–H and O–H groups in total. The quantitative estimate of drug-likeness (QED) is 0.392. The third-order valence-corrected chi connectivity index (χ3v) is 5.82. The summed E-state index contributed by atoms with van der Waals surface area (Å²) in [4.78, 5) is 18.9. The number of aromatic amines is 1. The zero-order valence-corrected chi connectivity index (χ0v) is 18.0. The van der Waals surface area contributed by atoms with Gasteiger partial charge in [0, 0.05) is 43.0 Å². The Kier molecular flexibility index (Phi) is 6.78. The van der Waals surface area contributed by atoms with Crippen LogP contribution in [0.3, 0.4) is 0 Å². The van der Waals surface area contributed by atoms with Gasteiger partial charge >= 0.3 is 0 Å². The molecule has 4 rings (SSSR count). The molecule has 0 spiro atoms. The second-order valence-corrected chi connectivity index (χ2v) is 8.08. The average Bonchev–Trinajstić information content (AvgIpc) is 3.50. The maximum absolute atomic E-state index is 13.0. The number of rotatable bonds is 9. The summed E-state index contributed by atoms with van der Waals surface area (Å²) in [7, 11) is 1.83. The van der Waals surface area contributed by atoms with Gasteiger partial charge < -0.3 is 9.42 Å². The van der Waals surface area contributed by atoms with E-state index in [0.717, 1.165) is 40.6 Å². The molecule has 0 saturated heterocycles. The molecule has 2 heterocycles. The molecule has 7 nitrogen and oxygen atoms in total. The highest BCUT2D eigenvalue weighted by Gasteiger charge is 2.16. The molecule has 4 aromatic rings. The van der Waals surface area contributed by atoms with Crippen LogP contribution in [-0.4, -0.2) is 44.7 Å². The lowest BCUT2D eigenvalue weighted by Crippen LogP contribution is -2.28. The van der Waals surface area contributed by atoms with Gasteiger partial charge in [0.25, 0.3) is 5.91 Å². The van der Waals surface area contributed by atoms with Crippen LogP contribution in [0.4, 0.5) is 0 Å². The van der Waals surface area contributed by atoms with Gasteiger partial charge in [0.1, 0.15) is 17.8 Å². The molecule has 0 fully saturated rings. The van der Waals surface area contributed by atoms with Crippen LogP contribution in [0.15, 0.2) is 76.7 Å². The number of hydrogen-bond donors (Lipinski definition) is 1. The number of carbonyl (C=O) groups excluding carboxylic acids is 1. The first-order chi connectivity index (χ1) is 15.2. The van der Waals surface area contributed by atoms with Gasteiger partial charge in [-0.05, 0) is 18.1 Å². The number of nitrogens with zero attached hydrogens (tertiary/aromatic N) is 4. The van der Waals surface area contributed by atoms with Crippen LogP contribution < -0.4 is 0 Å². The van der Waals surface area contributed by atoms with E-state index in [0.29, 0.717) is 17.9 Å². The van der Waals surface area contributed by atoms with E-state index in [1.54, 1.807) is 4.90 Å². The van der Waals surface area contributed by atoms with Gasteiger partial charge in [-0.15, -0.1) is 0 Å². The van der Waals surface area contributed by atoms with Gasteiger partial charge in [-0.2, -0.15) is 5.10 Å². The van der Waals surface area contributed by atoms with Crippen molar-refractivity contribution in [3.63, 3.8) is 0 Å². The Morgan fingerprint density at radius 2 is 1.94 bits per heavy atom. The van der Waals surface area contributed by atoms with E-state index in [-0.39, 0.29) is 5.91 Å². The molecule has 2 aromatic heterocycles. The molecule has 2 aromatic carbocycles. The van der Waals surface area contributed by atoms with Crippen molar-refractivity contribution in [2.24, 2.45) is 0 Å². The minimum absolute atomic E-state index is 0.0105. The maximum Gasteiger partial charge on any atom is 0.253 e. The molecule has 0 saturated carbocycles. The van der Waals surface area contributed by atoms with E-state index in [1.165, 1.54) is 18.1 Å². The summed E-state index contributed by atoms with van der Waals surface area (Å²) in [6.45, 7) is 0.629. The van der Waals surface area contributed by atoms with Gasteiger partial charge in [0.15, 0.2) is 5.16 Å². The highest BCUT2D eigenvalue weighted by atomic mass is 32.2. The molecular formula is C23H23N5O2S. The van der Waals surface area contributed by atoms with Crippen molar-refractivity contribution >= 4 is 17.7 Å². The summed E-state index contributed by atoms with van der Waals surface area (Å²) in [5.41, 5.74) is 3.55. The Hall–Kier alpha value is -3.39. The van der Waals surface area contributed by atoms with Crippen LogP contribution in [0.5, 0.6) is 0 Å². The van der Waals surface area contributed by atoms with Crippen LogP contribution in [0.1, 0.15) is 28.1 Å². The van der Waals surface area contributed by atoms with Crippen molar-refractivity contribution in [2.75, 3.05) is 13.6 Å². The van der Waals surface area contributed by atoms with Crippen LogP contribution >= 0.6 is 11.8 Å². The maximum atomic E-state index is 13.0. The number of aryl methyl sites for hydroxylation is 1. The summed E-state index contributed by atoms with van der Waals surface area (Å²) < 4.78 is 5.46. The fourth-order valence-electron chi connectivity index (χ4n) is 3.24. The molecule has 0 unspecified atom stereocenters. The minimum Gasteiger partial charge on any atom is -0.361 e. The molecule has 0 atom stereocenters. The van der Waals surface area contributed by atoms with Crippen molar-refractivity contribution in [1.29, 1.82) is 0 Å². The molecule has 0 radical (unpaired) electrons. The van der Waals surface area contributed by atoms with Crippen molar-refractivity contribution in [1.82, 2.24) is 25.2 Å². The molecule has 31 heavy (non-hydrogen) atoms. The zero-order chi connectivity index (χ0) is 21.5. The molecule has 158 valence electrons. The van der Waals surface area contributed by atoms with E-state index in [1.807, 2.05) is 67.7 Å². The average molecular weight is 434 g/mol. The number of thioether (sulfide) groups is 1. The number of hydrogen-bond acceptors (Lipinski definition) is 6. The molecular weight excluding hydrogens is 410 g/mol. The topological polar surface area (TPSA) is 87.9 Å². The van der Waals surface area contributed by atoms with Crippen molar-refractivity contribution in [2.45, 2.75) is 23.8 Å².